The number of hydrogen-bond donors (Lipinski definition) is 2. The molecular formula is C29H35N3O5. The number of carbonyl (C=O) groups excluding carboxylic acids is 1. The molecule has 0 bridgehead atoms. The summed E-state index contributed by atoms with van der Waals surface area (Å²) in [4.78, 5) is 17.2. The van der Waals surface area contributed by atoms with Crippen LogP contribution in [0.2, 0.25) is 0 Å². The molecule has 0 spiro atoms. The molecule has 0 aliphatic rings. The average molecular weight is 506 g/mol. The predicted molar refractivity (Wildman–Crippen MR) is 149 cm³/mol. The number of carbonyl (C=O) groups is 1. The second-order valence-electron chi connectivity index (χ2n) is 9.43. The SMILES string of the molecule is C=C(NC(C)=NCc1ccc(OC)c(OC)c1)c1cc(NC(=O)OC(C)(C)C)c2cc(OC)ccc2c1. The molecule has 8 heteroatoms. The van der Waals surface area contributed by atoms with E-state index in [0.29, 0.717) is 41.0 Å². The predicted octanol–water partition coefficient (Wildman–Crippen LogP) is 6.39. The van der Waals surface area contributed by atoms with Gasteiger partial charge in [-0.1, -0.05) is 18.7 Å². The summed E-state index contributed by atoms with van der Waals surface area (Å²) in [6, 6.07) is 15.2. The zero-order valence-electron chi connectivity index (χ0n) is 22.5. The fourth-order valence-electron chi connectivity index (χ4n) is 3.67. The second kappa shape index (κ2) is 11.7. The summed E-state index contributed by atoms with van der Waals surface area (Å²) in [5.74, 6) is 2.70. The normalized spacial score (nSPS) is 11.6. The molecule has 0 aliphatic heterocycles. The first kappa shape index (κ1) is 27.4. The Morgan fingerprint density at radius 1 is 0.946 bits per heavy atom. The van der Waals surface area contributed by atoms with Crippen molar-refractivity contribution < 1.29 is 23.7 Å². The highest BCUT2D eigenvalue weighted by Gasteiger charge is 2.18. The maximum atomic E-state index is 12.6. The molecule has 196 valence electrons. The van der Waals surface area contributed by atoms with E-state index in [9.17, 15) is 4.79 Å². The lowest BCUT2D eigenvalue weighted by atomic mass is 10.0. The molecule has 0 saturated heterocycles. The van der Waals surface area contributed by atoms with E-state index in [2.05, 4.69) is 22.2 Å². The third kappa shape index (κ3) is 7.39. The van der Waals surface area contributed by atoms with Gasteiger partial charge in [0.2, 0.25) is 0 Å². The monoisotopic (exact) mass is 505 g/mol. The minimum absolute atomic E-state index is 0.454. The Morgan fingerprint density at radius 3 is 2.32 bits per heavy atom. The first-order valence-corrected chi connectivity index (χ1v) is 11.8. The van der Waals surface area contributed by atoms with Crippen LogP contribution < -0.4 is 24.8 Å². The van der Waals surface area contributed by atoms with Crippen molar-refractivity contribution in [3.05, 3.63) is 66.2 Å². The van der Waals surface area contributed by atoms with E-state index in [1.165, 1.54) is 0 Å². The Kier molecular flexibility index (Phi) is 8.65. The summed E-state index contributed by atoms with van der Waals surface area (Å²) in [5.41, 5.74) is 2.38. The highest BCUT2D eigenvalue weighted by atomic mass is 16.6. The van der Waals surface area contributed by atoms with Gasteiger partial charge in [0.25, 0.3) is 0 Å². The van der Waals surface area contributed by atoms with Crippen LogP contribution in [0, 0.1) is 0 Å². The number of anilines is 1. The number of ether oxygens (including phenoxy) is 4. The van der Waals surface area contributed by atoms with Crippen LogP contribution in [0.5, 0.6) is 17.2 Å². The van der Waals surface area contributed by atoms with Gasteiger partial charge in [0.1, 0.15) is 11.4 Å². The van der Waals surface area contributed by atoms with Crippen molar-refractivity contribution in [1.82, 2.24) is 5.32 Å². The van der Waals surface area contributed by atoms with Crippen LogP contribution in [0.25, 0.3) is 16.5 Å². The van der Waals surface area contributed by atoms with E-state index in [4.69, 9.17) is 18.9 Å². The van der Waals surface area contributed by atoms with Crippen molar-refractivity contribution in [2.75, 3.05) is 26.6 Å². The average Bonchev–Trinajstić information content (AvgIpc) is 2.85. The van der Waals surface area contributed by atoms with Gasteiger partial charge < -0.3 is 24.3 Å². The van der Waals surface area contributed by atoms with Crippen molar-refractivity contribution in [3.63, 3.8) is 0 Å². The van der Waals surface area contributed by atoms with Gasteiger partial charge in [-0.05, 0) is 75.0 Å². The molecule has 2 N–H and O–H groups in total. The lowest BCUT2D eigenvalue weighted by molar-refractivity contribution is 0.0636. The molecule has 0 aliphatic carbocycles. The van der Waals surface area contributed by atoms with Crippen LogP contribution in [0.4, 0.5) is 10.5 Å². The number of hydrogen-bond acceptors (Lipinski definition) is 6. The molecule has 3 aromatic rings. The Labute approximate surface area is 218 Å². The minimum atomic E-state index is -0.623. The summed E-state index contributed by atoms with van der Waals surface area (Å²) in [7, 11) is 4.81. The molecule has 0 saturated carbocycles. The van der Waals surface area contributed by atoms with E-state index < -0.39 is 11.7 Å². The van der Waals surface area contributed by atoms with E-state index in [1.54, 1.807) is 21.3 Å². The molecular weight excluding hydrogens is 470 g/mol. The lowest BCUT2D eigenvalue weighted by Crippen LogP contribution is -2.27. The van der Waals surface area contributed by atoms with Crippen molar-refractivity contribution in [1.29, 1.82) is 0 Å². The van der Waals surface area contributed by atoms with Gasteiger partial charge in [-0.2, -0.15) is 0 Å². The summed E-state index contributed by atoms with van der Waals surface area (Å²) >= 11 is 0. The largest absolute Gasteiger partial charge is 0.497 e. The third-order valence-corrected chi connectivity index (χ3v) is 5.42. The number of benzene rings is 3. The Bertz CT molecular complexity index is 1330. The number of amidine groups is 1. The Morgan fingerprint density at radius 2 is 1.68 bits per heavy atom. The molecule has 0 heterocycles. The standard InChI is InChI=1S/C29H35N3O5/c1-18(31-19(2)30-17-20-9-12-26(35-7)27(13-20)36-8)22-14-21-10-11-23(34-6)16-24(21)25(15-22)32-28(33)37-29(3,4)5/h9-16H,1,17H2,2-8H3,(H,30,31)(H,32,33). The summed E-state index contributed by atoms with van der Waals surface area (Å²) in [6.45, 7) is 12.0. The van der Waals surface area contributed by atoms with Gasteiger partial charge in [0.05, 0.1) is 39.4 Å². The topological polar surface area (TPSA) is 90.4 Å². The maximum absolute atomic E-state index is 12.6. The quantitative estimate of drug-likeness (QED) is 0.272. The molecule has 37 heavy (non-hydrogen) atoms. The Hall–Kier alpha value is -4.20. The van der Waals surface area contributed by atoms with Gasteiger partial charge >= 0.3 is 6.09 Å². The van der Waals surface area contributed by atoms with E-state index >= 15 is 0 Å². The number of nitrogens with zero attached hydrogens (tertiary/aromatic N) is 1. The van der Waals surface area contributed by atoms with Crippen LogP contribution in [-0.2, 0) is 11.3 Å². The zero-order valence-corrected chi connectivity index (χ0v) is 22.5. The molecule has 8 nitrogen and oxygen atoms in total. The first-order chi connectivity index (χ1) is 17.5. The second-order valence-corrected chi connectivity index (χ2v) is 9.43. The number of fused-ring (bicyclic) bond motifs is 1. The third-order valence-electron chi connectivity index (χ3n) is 5.42. The van der Waals surface area contributed by atoms with Gasteiger partial charge in [-0.25, -0.2) is 4.79 Å². The highest BCUT2D eigenvalue weighted by molar-refractivity contribution is 6.03. The molecule has 3 rings (SSSR count). The van der Waals surface area contributed by atoms with Crippen molar-refractivity contribution in [3.8, 4) is 17.2 Å². The molecule has 3 aromatic carbocycles. The molecule has 0 radical (unpaired) electrons. The zero-order chi connectivity index (χ0) is 27.2. The highest BCUT2D eigenvalue weighted by Crippen LogP contribution is 2.32. The number of rotatable bonds is 8. The fourth-order valence-corrected chi connectivity index (χ4v) is 3.67. The summed E-state index contributed by atoms with van der Waals surface area (Å²) in [6.07, 6.45) is -0.542. The molecule has 1 amide bonds. The van der Waals surface area contributed by atoms with E-state index in [0.717, 1.165) is 21.9 Å². The van der Waals surface area contributed by atoms with Crippen molar-refractivity contribution in [2.24, 2.45) is 4.99 Å². The fraction of sp³-hybridized carbons (Fsp3) is 0.310. The lowest BCUT2D eigenvalue weighted by Gasteiger charge is -2.21. The number of nitrogens with one attached hydrogen (secondary N) is 2. The smallest absolute Gasteiger partial charge is 0.412 e. The Balaban J connectivity index is 1.84. The van der Waals surface area contributed by atoms with E-state index in [1.807, 2.05) is 76.2 Å². The van der Waals surface area contributed by atoms with Crippen LogP contribution in [0.1, 0.15) is 38.8 Å². The van der Waals surface area contributed by atoms with Gasteiger partial charge in [-0.3, -0.25) is 10.3 Å². The summed E-state index contributed by atoms with van der Waals surface area (Å²) < 4.78 is 21.5. The minimum Gasteiger partial charge on any atom is -0.497 e. The number of methoxy groups -OCH3 is 3. The van der Waals surface area contributed by atoms with Gasteiger partial charge in [-0.15, -0.1) is 0 Å². The molecule has 0 atom stereocenters. The van der Waals surface area contributed by atoms with Crippen molar-refractivity contribution in [2.45, 2.75) is 39.8 Å². The van der Waals surface area contributed by atoms with Crippen LogP contribution in [0.15, 0.2) is 60.1 Å². The van der Waals surface area contributed by atoms with Crippen LogP contribution in [-0.4, -0.2) is 38.9 Å². The van der Waals surface area contributed by atoms with Crippen LogP contribution >= 0.6 is 0 Å². The maximum Gasteiger partial charge on any atom is 0.412 e. The molecule has 0 fully saturated rings. The first-order valence-electron chi connectivity index (χ1n) is 11.8. The number of aliphatic imine (C=N–C) groups is 1. The van der Waals surface area contributed by atoms with Crippen LogP contribution in [0.3, 0.4) is 0 Å². The van der Waals surface area contributed by atoms with Gasteiger partial charge in [0, 0.05) is 16.6 Å². The molecule has 0 unspecified atom stereocenters. The number of amides is 1. The van der Waals surface area contributed by atoms with Crippen molar-refractivity contribution >= 4 is 34.1 Å². The van der Waals surface area contributed by atoms with Gasteiger partial charge in [0.15, 0.2) is 11.5 Å². The van der Waals surface area contributed by atoms with E-state index in [-0.39, 0.29) is 0 Å². The molecule has 0 aromatic heterocycles. The summed E-state index contributed by atoms with van der Waals surface area (Å²) in [5, 5.41) is 7.85.